The van der Waals surface area contributed by atoms with Crippen molar-refractivity contribution < 1.29 is 19.1 Å². The molecule has 104 valence electrons. The van der Waals surface area contributed by atoms with E-state index in [1.54, 1.807) is 18.2 Å². The van der Waals surface area contributed by atoms with Crippen molar-refractivity contribution in [1.82, 2.24) is 5.43 Å². The number of rotatable bonds is 2. The van der Waals surface area contributed by atoms with Crippen molar-refractivity contribution in [2.45, 2.75) is 25.7 Å². The Kier molecular flexibility index (Phi) is 3.37. The molecule has 1 heterocycles. The van der Waals surface area contributed by atoms with Gasteiger partial charge >= 0.3 is 0 Å². The number of carbonyl (C=O) groups excluding carboxylic acids is 2. The van der Waals surface area contributed by atoms with Crippen LogP contribution in [0, 0.1) is 0 Å². The number of hydrazone groups is 1. The van der Waals surface area contributed by atoms with Crippen molar-refractivity contribution in [3.05, 3.63) is 23.8 Å². The van der Waals surface area contributed by atoms with Gasteiger partial charge in [-0.25, -0.2) is 5.43 Å². The van der Waals surface area contributed by atoms with Crippen LogP contribution in [0.5, 0.6) is 11.5 Å². The molecule has 2 aliphatic rings. The van der Waals surface area contributed by atoms with Gasteiger partial charge in [-0.15, -0.1) is 0 Å². The van der Waals surface area contributed by atoms with Gasteiger partial charge in [0.1, 0.15) is 5.78 Å². The second-order valence-corrected chi connectivity index (χ2v) is 4.76. The predicted octanol–water partition coefficient (Wildman–Crippen LogP) is 1.64. The molecule has 1 fully saturated rings. The summed E-state index contributed by atoms with van der Waals surface area (Å²) >= 11 is 0. The molecule has 1 aromatic carbocycles. The van der Waals surface area contributed by atoms with Crippen LogP contribution in [0.1, 0.15) is 36.0 Å². The fourth-order valence-electron chi connectivity index (χ4n) is 2.22. The summed E-state index contributed by atoms with van der Waals surface area (Å²) in [6.07, 6.45) is 2.50. The monoisotopic (exact) mass is 274 g/mol. The first-order valence-electron chi connectivity index (χ1n) is 6.49. The summed E-state index contributed by atoms with van der Waals surface area (Å²) in [4.78, 5) is 23.3. The van der Waals surface area contributed by atoms with Gasteiger partial charge in [0.05, 0.1) is 0 Å². The molecule has 3 rings (SSSR count). The lowest BCUT2D eigenvalue weighted by molar-refractivity contribution is -0.118. The van der Waals surface area contributed by atoms with Crippen LogP contribution in [-0.4, -0.2) is 24.2 Å². The van der Waals surface area contributed by atoms with Gasteiger partial charge < -0.3 is 9.47 Å². The lowest BCUT2D eigenvalue weighted by Crippen LogP contribution is -2.22. The van der Waals surface area contributed by atoms with Crippen LogP contribution in [0.4, 0.5) is 0 Å². The first-order valence-corrected chi connectivity index (χ1v) is 6.49. The molecular formula is C14H14N2O4. The maximum absolute atomic E-state index is 12.0. The van der Waals surface area contributed by atoms with E-state index >= 15 is 0 Å². The molecule has 1 amide bonds. The van der Waals surface area contributed by atoms with E-state index in [4.69, 9.17) is 9.47 Å². The number of Topliss-reactive ketones (excluding diaryl/α,β-unsaturated/α-hetero) is 1. The third-order valence-electron chi connectivity index (χ3n) is 3.27. The predicted molar refractivity (Wildman–Crippen MR) is 70.9 cm³/mol. The SMILES string of the molecule is O=C1CCCC(=NNC(=O)c2ccc3c(c2)OCO3)C1. The number of hydrogen-bond acceptors (Lipinski definition) is 5. The Hall–Kier alpha value is -2.37. The summed E-state index contributed by atoms with van der Waals surface area (Å²) < 4.78 is 10.4. The number of nitrogens with one attached hydrogen (secondary N) is 1. The fourth-order valence-corrected chi connectivity index (χ4v) is 2.22. The van der Waals surface area contributed by atoms with Gasteiger partial charge in [0.25, 0.3) is 5.91 Å². The Labute approximate surface area is 115 Å². The fraction of sp³-hybridized carbons (Fsp3) is 0.357. The van der Waals surface area contributed by atoms with E-state index < -0.39 is 0 Å². The molecule has 0 unspecified atom stereocenters. The summed E-state index contributed by atoms with van der Waals surface area (Å²) in [7, 11) is 0. The van der Waals surface area contributed by atoms with Crippen LogP contribution >= 0.6 is 0 Å². The molecule has 6 nitrogen and oxygen atoms in total. The second kappa shape index (κ2) is 5.32. The van der Waals surface area contributed by atoms with E-state index in [0.717, 1.165) is 18.6 Å². The van der Waals surface area contributed by atoms with Gasteiger partial charge in [0.2, 0.25) is 6.79 Å². The molecule has 1 aliphatic carbocycles. The molecule has 20 heavy (non-hydrogen) atoms. The van der Waals surface area contributed by atoms with Crippen molar-refractivity contribution in [3.63, 3.8) is 0 Å². The van der Waals surface area contributed by atoms with Gasteiger partial charge in [0, 0.05) is 24.1 Å². The average Bonchev–Trinajstić information content (AvgIpc) is 2.92. The van der Waals surface area contributed by atoms with Crippen molar-refractivity contribution in [2.24, 2.45) is 5.10 Å². The Morgan fingerprint density at radius 1 is 1.20 bits per heavy atom. The van der Waals surface area contributed by atoms with Crippen LogP contribution in [0.25, 0.3) is 0 Å². The molecule has 0 radical (unpaired) electrons. The number of ether oxygens (including phenoxy) is 2. The lowest BCUT2D eigenvalue weighted by atomic mass is 9.97. The van der Waals surface area contributed by atoms with Gasteiger partial charge in [0.15, 0.2) is 11.5 Å². The average molecular weight is 274 g/mol. The largest absolute Gasteiger partial charge is 0.454 e. The molecule has 1 N–H and O–H groups in total. The Morgan fingerprint density at radius 3 is 2.90 bits per heavy atom. The number of nitrogens with zero attached hydrogens (tertiary/aromatic N) is 1. The van der Waals surface area contributed by atoms with E-state index in [1.807, 2.05) is 0 Å². The lowest BCUT2D eigenvalue weighted by Gasteiger charge is -2.11. The minimum Gasteiger partial charge on any atom is -0.454 e. The summed E-state index contributed by atoms with van der Waals surface area (Å²) in [5, 5.41) is 4.03. The van der Waals surface area contributed by atoms with Crippen molar-refractivity contribution in [1.29, 1.82) is 0 Å². The molecule has 0 aromatic heterocycles. The standard InChI is InChI=1S/C14H14N2O4/c17-11-3-1-2-10(7-11)15-16-14(18)9-4-5-12-13(6-9)20-8-19-12/h4-6H,1-3,7-8H2,(H,16,18). The van der Waals surface area contributed by atoms with Crippen LogP contribution in [0.3, 0.4) is 0 Å². The van der Waals surface area contributed by atoms with E-state index in [0.29, 0.717) is 29.9 Å². The molecule has 0 saturated heterocycles. The van der Waals surface area contributed by atoms with Crippen molar-refractivity contribution in [3.8, 4) is 11.5 Å². The molecule has 1 saturated carbocycles. The number of benzene rings is 1. The first kappa shape index (κ1) is 12.7. The van der Waals surface area contributed by atoms with Crippen molar-refractivity contribution in [2.75, 3.05) is 6.79 Å². The number of carbonyl (C=O) groups is 2. The second-order valence-electron chi connectivity index (χ2n) is 4.76. The Balaban J connectivity index is 1.67. The van der Waals surface area contributed by atoms with Crippen molar-refractivity contribution >= 4 is 17.4 Å². The summed E-state index contributed by atoms with van der Waals surface area (Å²) in [6.45, 7) is 0.171. The topological polar surface area (TPSA) is 77.0 Å². The highest BCUT2D eigenvalue weighted by molar-refractivity contribution is 6.04. The molecule has 0 spiro atoms. The third-order valence-corrected chi connectivity index (χ3v) is 3.27. The highest BCUT2D eigenvalue weighted by Crippen LogP contribution is 2.32. The number of amides is 1. The molecule has 1 aromatic rings. The van der Waals surface area contributed by atoms with E-state index in [-0.39, 0.29) is 18.5 Å². The van der Waals surface area contributed by atoms with Crippen LogP contribution < -0.4 is 14.9 Å². The molecule has 0 atom stereocenters. The Bertz CT molecular complexity index is 595. The van der Waals surface area contributed by atoms with E-state index in [2.05, 4.69) is 10.5 Å². The normalized spacial score (nSPS) is 19.2. The minimum atomic E-state index is -0.325. The van der Waals surface area contributed by atoms with Crippen LogP contribution in [-0.2, 0) is 4.79 Å². The zero-order chi connectivity index (χ0) is 13.9. The maximum Gasteiger partial charge on any atom is 0.271 e. The Morgan fingerprint density at radius 2 is 2.05 bits per heavy atom. The third kappa shape index (κ3) is 2.64. The summed E-state index contributed by atoms with van der Waals surface area (Å²) in [5.74, 6) is 1.03. The zero-order valence-corrected chi connectivity index (χ0v) is 10.8. The van der Waals surface area contributed by atoms with Gasteiger partial charge in [-0.2, -0.15) is 5.10 Å². The number of fused-ring (bicyclic) bond motifs is 1. The molecule has 1 aliphatic heterocycles. The zero-order valence-electron chi connectivity index (χ0n) is 10.8. The van der Waals surface area contributed by atoms with Crippen LogP contribution in [0.15, 0.2) is 23.3 Å². The van der Waals surface area contributed by atoms with E-state index in [1.165, 1.54) is 0 Å². The van der Waals surface area contributed by atoms with E-state index in [9.17, 15) is 9.59 Å². The first-order chi connectivity index (χ1) is 9.72. The molecule has 0 bridgehead atoms. The quantitative estimate of drug-likeness (QED) is 0.832. The number of ketones is 1. The number of hydrogen-bond donors (Lipinski definition) is 1. The van der Waals surface area contributed by atoms with Gasteiger partial charge in [-0.05, 0) is 31.0 Å². The highest BCUT2D eigenvalue weighted by Gasteiger charge is 2.17. The highest BCUT2D eigenvalue weighted by atomic mass is 16.7. The molecule has 6 heteroatoms. The van der Waals surface area contributed by atoms with Crippen LogP contribution in [0.2, 0.25) is 0 Å². The summed E-state index contributed by atoms with van der Waals surface area (Å²) in [5.41, 5.74) is 3.66. The van der Waals surface area contributed by atoms with Gasteiger partial charge in [-0.3, -0.25) is 9.59 Å². The molecular weight excluding hydrogens is 260 g/mol. The maximum atomic E-state index is 12.0. The van der Waals surface area contributed by atoms with Gasteiger partial charge in [-0.1, -0.05) is 0 Å². The minimum absolute atomic E-state index is 0.171. The smallest absolute Gasteiger partial charge is 0.271 e. The summed E-state index contributed by atoms with van der Waals surface area (Å²) in [6, 6.07) is 4.95.